The van der Waals surface area contributed by atoms with Gasteiger partial charge in [0.1, 0.15) is 17.3 Å². The van der Waals surface area contributed by atoms with Gasteiger partial charge in [0.25, 0.3) is 0 Å². The van der Waals surface area contributed by atoms with Crippen molar-refractivity contribution in [1.29, 1.82) is 0 Å². The summed E-state index contributed by atoms with van der Waals surface area (Å²) in [6.07, 6.45) is 4.52. The zero-order valence-electron chi connectivity index (χ0n) is 21.3. The normalized spacial score (nSPS) is 21.6. The number of anilines is 1. The fourth-order valence-electron chi connectivity index (χ4n) is 5.64. The Kier molecular flexibility index (Phi) is 6.16. The molecule has 3 heterocycles. The minimum Gasteiger partial charge on any atom is -0.496 e. The number of benzene rings is 2. The average Bonchev–Trinajstić information content (AvgIpc) is 3.30. The molecule has 0 saturated carbocycles. The van der Waals surface area contributed by atoms with Crippen molar-refractivity contribution in [2.24, 2.45) is 4.99 Å². The molecule has 0 radical (unpaired) electrons. The van der Waals surface area contributed by atoms with E-state index in [9.17, 15) is 23.1 Å². The molecular formula is C29H24F4N4O3. The topological polar surface area (TPSA) is 68.6 Å². The van der Waals surface area contributed by atoms with Crippen LogP contribution in [0.15, 0.2) is 95.0 Å². The molecule has 6 rings (SSSR count). The molecule has 3 aliphatic heterocycles. The van der Waals surface area contributed by atoms with Gasteiger partial charge in [0.2, 0.25) is 5.96 Å². The van der Waals surface area contributed by atoms with Crippen LogP contribution in [-0.2, 0) is 15.7 Å². The van der Waals surface area contributed by atoms with Gasteiger partial charge in [-0.3, -0.25) is 4.79 Å². The monoisotopic (exact) mass is 552 g/mol. The maximum Gasteiger partial charge on any atom is 0.416 e. The average molecular weight is 553 g/mol. The van der Waals surface area contributed by atoms with E-state index in [4.69, 9.17) is 4.74 Å². The first kappa shape index (κ1) is 25.7. The molecule has 0 spiro atoms. The predicted molar refractivity (Wildman–Crippen MR) is 140 cm³/mol. The minimum atomic E-state index is -4.62. The third kappa shape index (κ3) is 4.31. The molecule has 2 unspecified atom stereocenters. The number of para-hydroxylation sites is 1. The fraction of sp³-hybridized carbons (Fsp3) is 0.241. The van der Waals surface area contributed by atoms with Crippen LogP contribution in [0.25, 0.3) is 0 Å². The Morgan fingerprint density at radius 3 is 2.73 bits per heavy atom. The molecule has 0 bridgehead atoms. The van der Waals surface area contributed by atoms with Gasteiger partial charge in [-0.1, -0.05) is 30.4 Å². The Hall–Kier alpha value is -4.54. The van der Waals surface area contributed by atoms with Gasteiger partial charge in [0.05, 0.1) is 36.9 Å². The number of fused-ring (bicyclic) bond motifs is 4. The van der Waals surface area contributed by atoms with Gasteiger partial charge in [0.15, 0.2) is 0 Å². The molecule has 0 amide bonds. The van der Waals surface area contributed by atoms with E-state index in [0.717, 1.165) is 29.2 Å². The summed E-state index contributed by atoms with van der Waals surface area (Å²) in [5, 5.41) is 9.79. The van der Waals surface area contributed by atoms with E-state index in [1.54, 1.807) is 24.3 Å². The highest BCUT2D eigenvalue weighted by Gasteiger charge is 2.40. The largest absolute Gasteiger partial charge is 0.496 e. The number of nitrogens with zero attached hydrogens (tertiary/aromatic N) is 4. The van der Waals surface area contributed by atoms with Crippen molar-refractivity contribution in [3.8, 4) is 0 Å². The van der Waals surface area contributed by atoms with Crippen LogP contribution in [0, 0.1) is 5.82 Å². The Balaban J connectivity index is 1.50. The zero-order chi connectivity index (χ0) is 28.2. The van der Waals surface area contributed by atoms with E-state index < -0.39 is 36.0 Å². The first-order chi connectivity index (χ1) is 19.2. The van der Waals surface area contributed by atoms with E-state index in [0.29, 0.717) is 13.1 Å². The number of carboxylic acids is 1. The summed E-state index contributed by atoms with van der Waals surface area (Å²) in [5.74, 6) is -0.958. The lowest BCUT2D eigenvalue weighted by Gasteiger charge is -2.43. The van der Waals surface area contributed by atoms with Crippen molar-refractivity contribution in [3.05, 3.63) is 107 Å². The summed E-state index contributed by atoms with van der Waals surface area (Å²) >= 11 is 0. The summed E-state index contributed by atoms with van der Waals surface area (Å²) in [4.78, 5) is 22.0. The predicted octanol–water partition coefficient (Wildman–Crippen LogP) is 5.74. The molecule has 2 aromatic rings. The summed E-state index contributed by atoms with van der Waals surface area (Å²) in [7, 11) is 1.60. The molecule has 2 atom stereocenters. The summed E-state index contributed by atoms with van der Waals surface area (Å²) in [6.45, 7) is 0.903. The van der Waals surface area contributed by atoms with E-state index in [-0.39, 0.29) is 28.9 Å². The smallest absolute Gasteiger partial charge is 0.416 e. The highest BCUT2D eigenvalue weighted by atomic mass is 19.4. The van der Waals surface area contributed by atoms with Crippen LogP contribution in [0.1, 0.15) is 23.6 Å². The van der Waals surface area contributed by atoms with Crippen molar-refractivity contribution in [1.82, 2.24) is 9.80 Å². The van der Waals surface area contributed by atoms with Gasteiger partial charge in [-0.05, 0) is 36.4 Å². The second-order valence-corrected chi connectivity index (χ2v) is 9.73. The quantitative estimate of drug-likeness (QED) is 0.489. The fourth-order valence-corrected chi connectivity index (χ4v) is 5.64. The first-order valence-corrected chi connectivity index (χ1v) is 12.6. The number of carbonyl (C=O) groups is 1. The number of hydrogen-bond donors (Lipinski definition) is 1. The molecule has 40 heavy (non-hydrogen) atoms. The second-order valence-electron chi connectivity index (χ2n) is 9.73. The number of rotatable bonds is 4. The lowest BCUT2D eigenvalue weighted by molar-refractivity contribution is -0.138. The minimum absolute atomic E-state index is 0.0286. The molecule has 4 aliphatic rings. The van der Waals surface area contributed by atoms with Crippen molar-refractivity contribution in [3.63, 3.8) is 0 Å². The number of aliphatic carboxylic acids is 1. The third-order valence-corrected chi connectivity index (χ3v) is 7.40. The lowest BCUT2D eigenvalue weighted by atomic mass is 9.97. The Morgan fingerprint density at radius 2 is 1.98 bits per heavy atom. The number of guanidine groups is 1. The standard InChI is InChI=1S/C29H24F4N4O3/c1-40-25-10-4-9-23-21(25)14-19-16-35(11-12-36(19)23)28-34-27-20(7-3-8-22(27)30)24(15-26(38)39)37(28)18-6-2-5-17(13-18)29(31,32)33/h2-10,13-14,16,23-24H,11-12,15H2,1H3,(H,38,39). The van der Waals surface area contributed by atoms with Crippen LogP contribution in [0.2, 0.25) is 0 Å². The van der Waals surface area contributed by atoms with Crippen LogP contribution < -0.4 is 4.90 Å². The SMILES string of the molecule is COC1=CC=CC2C1=CC1=CN(C3=Nc4c(F)cccc4C(CC(=O)O)N3c3cccc(C(F)(F)F)c3)CCN12. The number of hydrogen-bond acceptors (Lipinski definition) is 6. The molecule has 1 aliphatic carbocycles. The Bertz CT molecular complexity index is 1540. The van der Waals surface area contributed by atoms with Crippen molar-refractivity contribution < 1.29 is 32.2 Å². The molecule has 11 heteroatoms. The summed E-state index contributed by atoms with van der Waals surface area (Å²) < 4.78 is 61.7. The van der Waals surface area contributed by atoms with Crippen molar-refractivity contribution in [2.75, 3.05) is 25.1 Å². The van der Waals surface area contributed by atoms with Crippen LogP contribution in [0.4, 0.5) is 28.9 Å². The molecular weight excluding hydrogens is 528 g/mol. The van der Waals surface area contributed by atoms with E-state index in [2.05, 4.69) is 9.89 Å². The molecule has 206 valence electrons. The number of halogens is 4. The zero-order valence-corrected chi connectivity index (χ0v) is 21.3. The first-order valence-electron chi connectivity index (χ1n) is 12.6. The highest BCUT2D eigenvalue weighted by Crippen LogP contribution is 2.44. The molecule has 0 saturated heterocycles. The van der Waals surface area contributed by atoms with Gasteiger partial charge in [0, 0.05) is 36.1 Å². The number of methoxy groups -OCH3 is 1. The molecule has 0 fully saturated rings. The van der Waals surface area contributed by atoms with Crippen LogP contribution in [0.3, 0.4) is 0 Å². The molecule has 1 N–H and O–H groups in total. The molecule has 2 aromatic carbocycles. The van der Waals surface area contributed by atoms with Gasteiger partial charge in [-0.15, -0.1) is 0 Å². The van der Waals surface area contributed by atoms with Crippen molar-refractivity contribution in [2.45, 2.75) is 24.7 Å². The van der Waals surface area contributed by atoms with Crippen LogP contribution >= 0.6 is 0 Å². The van der Waals surface area contributed by atoms with Gasteiger partial charge < -0.3 is 24.5 Å². The summed E-state index contributed by atoms with van der Waals surface area (Å²) in [6, 6.07) is 7.84. The third-order valence-electron chi connectivity index (χ3n) is 7.40. The van der Waals surface area contributed by atoms with E-state index in [1.165, 1.54) is 29.2 Å². The van der Waals surface area contributed by atoms with Gasteiger partial charge in [-0.25, -0.2) is 9.38 Å². The molecule has 7 nitrogen and oxygen atoms in total. The number of allylic oxidation sites excluding steroid dienone is 3. The highest BCUT2D eigenvalue weighted by molar-refractivity contribution is 6.02. The Labute approximate surface area is 227 Å². The lowest BCUT2D eigenvalue weighted by Crippen LogP contribution is -2.51. The van der Waals surface area contributed by atoms with Gasteiger partial charge in [-0.2, -0.15) is 13.2 Å². The number of alkyl halides is 3. The second kappa shape index (κ2) is 9.58. The Morgan fingerprint density at radius 1 is 1.18 bits per heavy atom. The number of ether oxygens (including phenoxy) is 1. The summed E-state index contributed by atoms with van der Waals surface area (Å²) in [5.41, 5.74) is 1.26. The van der Waals surface area contributed by atoms with Crippen LogP contribution in [0.5, 0.6) is 0 Å². The van der Waals surface area contributed by atoms with E-state index in [1.807, 2.05) is 24.3 Å². The number of aliphatic imine (C=N–C) groups is 1. The van der Waals surface area contributed by atoms with Gasteiger partial charge >= 0.3 is 12.1 Å². The maximum absolute atomic E-state index is 15.1. The maximum atomic E-state index is 15.1. The van der Waals surface area contributed by atoms with Crippen LogP contribution in [-0.4, -0.2) is 53.1 Å². The number of carboxylic acid groups (broad SMARTS) is 1. The molecule has 0 aromatic heterocycles. The van der Waals surface area contributed by atoms with E-state index >= 15 is 4.39 Å². The van der Waals surface area contributed by atoms with Crippen molar-refractivity contribution >= 4 is 23.3 Å².